The summed E-state index contributed by atoms with van der Waals surface area (Å²) in [6.07, 6.45) is 0.0596. The van der Waals surface area contributed by atoms with E-state index in [4.69, 9.17) is 10.6 Å². The second-order valence-corrected chi connectivity index (χ2v) is 6.83. The zero-order valence-electron chi connectivity index (χ0n) is 14.6. The van der Waals surface area contributed by atoms with Crippen LogP contribution >= 0.6 is 0 Å². The molecule has 0 aromatic carbocycles. The van der Waals surface area contributed by atoms with Gasteiger partial charge in [-0.1, -0.05) is 0 Å². The van der Waals surface area contributed by atoms with Crippen molar-refractivity contribution in [1.29, 1.82) is 0 Å². The quantitative estimate of drug-likeness (QED) is 0.811. The maximum atomic E-state index is 12.8. The lowest BCUT2D eigenvalue weighted by atomic mass is 9.85. The van der Waals surface area contributed by atoms with Crippen molar-refractivity contribution in [2.24, 2.45) is 11.7 Å². The van der Waals surface area contributed by atoms with Crippen molar-refractivity contribution in [3.05, 3.63) is 23.5 Å². The molecule has 1 fully saturated rings. The van der Waals surface area contributed by atoms with Gasteiger partial charge in [-0.3, -0.25) is 9.63 Å². The zero-order chi connectivity index (χ0) is 18.9. The molecule has 0 spiro atoms. The Hall–Kier alpha value is -2.03. The number of ether oxygens (including phenoxy) is 1. The third-order valence-electron chi connectivity index (χ3n) is 5.04. The third-order valence-corrected chi connectivity index (χ3v) is 5.04. The number of amides is 1. The maximum Gasteiger partial charge on any atom is 0.573 e. The lowest BCUT2D eigenvalue weighted by Gasteiger charge is -2.33. The van der Waals surface area contributed by atoms with E-state index in [0.717, 1.165) is 37.6 Å². The van der Waals surface area contributed by atoms with E-state index in [9.17, 15) is 18.0 Å². The van der Waals surface area contributed by atoms with E-state index in [1.807, 2.05) is 0 Å². The van der Waals surface area contributed by atoms with Gasteiger partial charge in [-0.2, -0.15) is 0 Å². The molecule has 1 amide bonds. The van der Waals surface area contributed by atoms with Crippen LogP contribution in [0.1, 0.15) is 36.9 Å². The zero-order valence-corrected chi connectivity index (χ0v) is 14.6. The van der Waals surface area contributed by atoms with E-state index in [1.165, 1.54) is 17.9 Å². The number of hydrogen-bond acceptors (Lipinski definition) is 4. The number of halogens is 3. The fourth-order valence-corrected chi connectivity index (χ4v) is 3.73. The maximum absolute atomic E-state index is 12.8. The highest BCUT2D eigenvalue weighted by molar-refractivity contribution is 5.79. The number of carbonyl (C=O) groups is 1. The number of pyridine rings is 1. The first-order chi connectivity index (χ1) is 12.3. The van der Waals surface area contributed by atoms with Gasteiger partial charge < -0.3 is 15.4 Å². The van der Waals surface area contributed by atoms with Crippen LogP contribution in [0.25, 0.3) is 0 Å². The summed E-state index contributed by atoms with van der Waals surface area (Å²) in [5.74, 6) is -0.370. The number of nitrogens with two attached hydrogens (primary N) is 1. The highest BCUT2D eigenvalue weighted by Crippen LogP contribution is 2.29. The van der Waals surface area contributed by atoms with Crippen LogP contribution in [0.4, 0.5) is 13.2 Å². The molecule has 1 aliphatic heterocycles. The Morgan fingerprint density at radius 2 is 2.00 bits per heavy atom. The minimum atomic E-state index is -4.79. The lowest BCUT2D eigenvalue weighted by Crippen LogP contribution is -2.50. The van der Waals surface area contributed by atoms with Gasteiger partial charge in [0.2, 0.25) is 11.6 Å². The standard InChI is InChI=1S/C17H23F3N3O3/c1-25-23-10-14(26-17(18,19)20)8-12-9-22(7-6-15(12)23)16(24)11-2-4-13(21)5-3-11/h8,10-11,13H,2-7,9,21H2,1H3/q+1. The predicted molar refractivity (Wildman–Crippen MR) is 84.9 cm³/mol. The van der Waals surface area contributed by atoms with Crippen molar-refractivity contribution in [2.75, 3.05) is 13.7 Å². The molecular weight excluding hydrogens is 351 g/mol. The topological polar surface area (TPSA) is 68.7 Å². The van der Waals surface area contributed by atoms with E-state index in [-0.39, 0.29) is 30.2 Å². The van der Waals surface area contributed by atoms with E-state index >= 15 is 0 Å². The van der Waals surface area contributed by atoms with Gasteiger partial charge >= 0.3 is 6.36 Å². The van der Waals surface area contributed by atoms with Crippen molar-refractivity contribution in [3.63, 3.8) is 0 Å². The molecule has 2 N–H and O–H groups in total. The molecule has 1 aromatic heterocycles. The number of aromatic nitrogens is 1. The molecule has 0 atom stereocenters. The van der Waals surface area contributed by atoms with Gasteiger partial charge in [0.15, 0.2) is 5.75 Å². The second kappa shape index (κ2) is 7.30. The van der Waals surface area contributed by atoms with Crippen LogP contribution < -0.4 is 20.0 Å². The summed E-state index contributed by atoms with van der Waals surface area (Å²) >= 11 is 0. The van der Waals surface area contributed by atoms with Crippen molar-refractivity contribution < 1.29 is 32.3 Å². The van der Waals surface area contributed by atoms with Crippen LogP contribution in [-0.4, -0.2) is 36.9 Å². The molecule has 144 valence electrons. The summed E-state index contributed by atoms with van der Waals surface area (Å²) in [5, 5.41) is 0. The molecule has 9 heteroatoms. The number of fused-ring (bicyclic) bond motifs is 1. The second-order valence-electron chi connectivity index (χ2n) is 6.83. The van der Waals surface area contributed by atoms with Gasteiger partial charge in [0.1, 0.15) is 7.11 Å². The van der Waals surface area contributed by atoms with Gasteiger partial charge in [-0.15, -0.1) is 13.2 Å². The van der Waals surface area contributed by atoms with Crippen molar-refractivity contribution >= 4 is 5.91 Å². The highest BCUT2D eigenvalue weighted by atomic mass is 19.4. The van der Waals surface area contributed by atoms with E-state index < -0.39 is 6.36 Å². The first-order valence-corrected chi connectivity index (χ1v) is 8.69. The normalized spacial score (nSPS) is 23.3. The summed E-state index contributed by atoms with van der Waals surface area (Å²) in [6, 6.07) is 1.48. The number of hydrogen-bond donors (Lipinski definition) is 1. The Balaban J connectivity index is 1.78. The largest absolute Gasteiger partial charge is 0.573 e. The smallest absolute Gasteiger partial charge is 0.399 e. The minimum Gasteiger partial charge on any atom is -0.399 e. The fraction of sp³-hybridized carbons (Fsp3) is 0.647. The van der Waals surface area contributed by atoms with E-state index in [0.29, 0.717) is 18.5 Å². The van der Waals surface area contributed by atoms with E-state index in [2.05, 4.69) is 4.74 Å². The highest BCUT2D eigenvalue weighted by Gasteiger charge is 2.36. The number of alkyl halides is 3. The first-order valence-electron chi connectivity index (χ1n) is 8.69. The summed E-state index contributed by atoms with van der Waals surface area (Å²) in [7, 11) is 1.38. The fourth-order valence-electron chi connectivity index (χ4n) is 3.73. The predicted octanol–water partition coefficient (Wildman–Crippen LogP) is 1.33. The molecule has 0 bridgehead atoms. The molecule has 2 heterocycles. The Morgan fingerprint density at radius 3 is 2.62 bits per heavy atom. The van der Waals surface area contributed by atoms with Gasteiger partial charge in [0.05, 0.1) is 13.0 Å². The van der Waals surface area contributed by atoms with Crippen LogP contribution in [0.3, 0.4) is 0 Å². The molecule has 0 unspecified atom stereocenters. The number of nitrogens with zero attached hydrogens (tertiary/aromatic N) is 2. The summed E-state index contributed by atoms with van der Waals surface area (Å²) in [6.45, 7) is 0.756. The molecule has 2 aliphatic rings. The van der Waals surface area contributed by atoms with Crippen molar-refractivity contribution in [3.8, 4) is 5.75 Å². The Morgan fingerprint density at radius 1 is 1.31 bits per heavy atom. The van der Waals surface area contributed by atoms with Crippen molar-refractivity contribution in [2.45, 2.75) is 51.1 Å². The Kier molecular flexibility index (Phi) is 5.27. The summed E-state index contributed by atoms with van der Waals surface area (Å²) in [5.41, 5.74) is 7.24. The monoisotopic (exact) mass is 374 g/mol. The van der Waals surface area contributed by atoms with Crippen LogP contribution in [0, 0.1) is 5.92 Å². The molecule has 3 rings (SSSR count). The first kappa shape index (κ1) is 18.8. The Bertz CT molecular complexity index is 673. The number of carbonyl (C=O) groups excluding carboxylic acids is 1. The van der Waals surface area contributed by atoms with Gasteiger partial charge in [0.25, 0.3) is 6.20 Å². The van der Waals surface area contributed by atoms with Crippen LogP contribution in [0.2, 0.25) is 0 Å². The molecule has 26 heavy (non-hydrogen) atoms. The van der Waals surface area contributed by atoms with Crippen LogP contribution in [0.5, 0.6) is 5.75 Å². The molecule has 0 radical (unpaired) electrons. The average molecular weight is 374 g/mol. The van der Waals surface area contributed by atoms with Crippen LogP contribution in [-0.2, 0) is 17.8 Å². The lowest BCUT2D eigenvalue weighted by molar-refractivity contribution is -0.891. The summed E-state index contributed by atoms with van der Waals surface area (Å²) in [4.78, 5) is 19.6. The Labute approximate surface area is 149 Å². The molecule has 1 saturated carbocycles. The van der Waals surface area contributed by atoms with Gasteiger partial charge in [-0.25, -0.2) is 0 Å². The molecule has 1 aromatic rings. The average Bonchev–Trinajstić information content (AvgIpc) is 2.59. The van der Waals surface area contributed by atoms with Gasteiger partial charge in [0, 0.05) is 28.8 Å². The van der Waals surface area contributed by atoms with E-state index in [1.54, 1.807) is 4.90 Å². The van der Waals surface area contributed by atoms with Crippen LogP contribution in [0.15, 0.2) is 12.3 Å². The molecule has 1 aliphatic carbocycles. The summed E-state index contributed by atoms with van der Waals surface area (Å²) < 4.78 is 42.9. The molecule has 6 nitrogen and oxygen atoms in total. The molecular formula is C17H23F3N3O3+. The third kappa shape index (κ3) is 4.20. The molecule has 0 saturated heterocycles. The SMILES string of the molecule is CO[n+]1cc(OC(F)(F)F)cc2c1CCN(C(=O)C1CCC(N)CC1)C2. The van der Waals surface area contributed by atoms with Gasteiger partial charge in [-0.05, 0) is 31.7 Å². The van der Waals surface area contributed by atoms with Crippen molar-refractivity contribution in [1.82, 2.24) is 4.90 Å². The number of rotatable bonds is 3. The minimum absolute atomic E-state index is 0.0497.